The van der Waals surface area contributed by atoms with Gasteiger partial charge in [0.1, 0.15) is 30.2 Å². The fourth-order valence-corrected chi connectivity index (χ4v) is 6.75. The lowest BCUT2D eigenvalue weighted by Gasteiger charge is -2.28. The molecular formula is C34H52N9O11P. The highest BCUT2D eigenvalue weighted by Crippen LogP contribution is 2.38. The largest absolute Gasteiger partial charge is 0.469 e. The van der Waals surface area contributed by atoms with E-state index in [2.05, 4.69) is 35.8 Å². The lowest BCUT2D eigenvalue weighted by molar-refractivity contribution is -0.139. The van der Waals surface area contributed by atoms with E-state index >= 15 is 0 Å². The molecule has 3 heterocycles. The zero-order valence-corrected chi connectivity index (χ0v) is 32.2. The standard InChI is InChI=1S/C34H52N9O11P/c1-20(2)15-25(39-34(50)28-11-8-14-43(28)22(4)45)31(47)38-26(16-24-17-36-19-42(24)13-7-10-23-9-5-6-12-37-23)32(48)40-27(18-44)33(49)41-29(30(35)46)21(3)54-55(51,52)53/h5-6,9,12,17,19-21,25-29,44H,7-8,10-11,13-16,18H2,1-4H3,(H2,35,46)(H,38,47)(H,39,50)(H,40,48)(H,41,49)(H2,51,52,53)/t21-,25+,26+,27+,28+,29+/m1/s1. The Morgan fingerprint density at radius 1 is 1.00 bits per heavy atom. The SMILES string of the molecule is CC(=O)N1CCC[C@H]1C(=O)N[C@@H](CC(C)C)C(=O)N[C@@H](Cc1cncn1CCCc1ccccn1)C(=O)N[C@@H](CO)C(=O)N[C@H](C(N)=O)[C@@H](C)OP(=O)(O)O. The summed E-state index contributed by atoms with van der Waals surface area (Å²) in [5, 5.41) is 20.0. The van der Waals surface area contributed by atoms with Gasteiger partial charge in [-0.15, -0.1) is 0 Å². The van der Waals surface area contributed by atoms with Crippen molar-refractivity contribution in [3.05, 3.63) is 48.3 Å². The van der Waals surface area contributed by atoms with Crippen molar-refractivity contribution in [1.29, 1.82) is 0 Å². The first-order valence-electron chi connectivity index (χ1n) is 17.9. The molecule has 21 heteroatoms. The summed E-state index contributed by atoms with van der Waals surface area (Å²) >= 11 is 0. The van der Waals surface area contributed by atoms with Gasteiger partial charge in [-0.2, -0.15) is 0 Å². The molecule has 1 aliphatic heterocycles. The number of imidazole rings is 1. The topological polar surface area (TPSA) is 298 Å². The molecule has 6 amide bonds. The number of primary amides is 1. The number of phosphoric acid groups is 1. The van der Waals surface area contributed by atoms with Gasteiger partial charge < -0.3 is 51.4 Å². The number of amides is 6. The third-order valence-corrected chi connectivity index (χ3v) is 9.50. The van der Waals surface area contributed by atoms with Crippen LogP contribution in [0.15, 0.2) is 36.9 Å². The Morgan fingerprint density at radius 2 is 1.67 bits per heavy atom. The summed E-state index contributed by atoms with van der Waals surface area (Å²) in [7, 11) is -5.11. The molecule has 1 aliphatic rings. The molecule has 0 unspecified atom stereocenters. The van der Waals surface area contributed by atoms with Crippen LogP contribution in [0, 0.1) is 5.92 Å². The average molecular weight is 794 g/mol. The van der Waals surface area contributed by atoms with E-state index in [0.29, 0.717) is 44.5 Å². The molecule has 2 aromatic rings. The summed E-state index contributed by atoms with van der Waals surface area (Å²) < 4.78 is 17.6. The zero-order chi connectivity index (χ0) is 40.9. The average Bonchev–Trinajstić information content (AvgIpc) is 3.78. The summed E-state index contributed by atoms with van der Waals surface area (Å²) in [6, 6.07) is -1.21. The van der Waals surface area contributed by atoms with Gasteiger partial charge in [0, 0.05) is 50.2 Å². The quantitative estimate of drug-likeness (QED) is 0.0664. The van der Waals surface area contributed by atoms with Gasteiger partial charge >= 0.3 is 7.82 Å². The molecule has 304 valence electrons. The Kier molecular flexibility index (Phi) is 16.9. The highest BCUT2D eigenvalue weighted by atomic mass is 31.2. The number of carbonyl (C=O) groups excluding carboxylic acids is 6. The van der Waals surface area contributed by atoms with Gasteiger partial charge in [-0.1, -0.05) is 19.9 Å². The predicted molar refractivity (Wildman–Crippen MR) is 195 cm³/mol. The second-order valence-corrected chi connectivity index (χ2v) is 15.0. The molecule has 6 atom stereocenters. The van der Waals surface area contributed by atoms with E-state index in [1.54, 1.807) is 17.1 Å². The van der Waals surface area contributed by atoms with Gasteiger partial charge in [-0.25, -0.2) is 9.55 Å². The second-order valence-electron chi connectivity index (χ2n) is 13.8. The van der Waals surface area contributed by atoms with Crippen LogP contribution >= 0.6 is 7.82 Å². The first-order chi connectivity index (χ1) is 25.9. The van der Waals surface area contributed by atoms with E-state index < -0.39 is 80.3 Å². The summed E-state index contributed by atoms with van der Waals surface area (Å²) in [5.41, 5.74) is 6.73. The van der Waals surface area contributed by atoms with E-state index in [0.717, 1.165) is 12.6 Å². The van der Waals surface area contributed by atoms with Crippen molar-refractivity contribution < 1.29 is 52.7 Å². The lowest BCUT2D eigenvalue weighted by atomic mass is 10.0. The van der Waals surface area contributed by atoms with Crippen molar-refractivity contribution in [2.45, 2.75) is 109 Å². The Bertz CT molecular complexity index is 1690. The van der Waals surface area contributed by atoms with Crippen molar-refractivity contribution >= 4 is 43.3 Å². The molecule has 20 nitrogen and oxygen atoms in total. The number of aliphatic hydroxyl groups excluding tert-OH is 1. The molecular weight excluding hydrogens is 741 g/mol. The van der Waals surface area contributed by atoms with Crippen LogP contribution in [0.2, 0.25) is 0 Å². The van der Waals surface area contributed by atoms with Crippen molar-refractivity contribution in [2.75, 3.05) is 13.2 Å². The van der Waals surface area contributed by atoms with Gasteiger partial charge in [-0.05, 0) is 57.1 Å². The molecule has 1 fully saturated rings. The minimum absolute atomic E-state index is 0.0889. The maximum absolute atomic E-state index is 13.9. The van der Waals surface area contributed by atoms with Gasteiger partial charge in [0.2, 0.25) is 35.4 Å². The smallest absolute Gasteiger partial charge is 0.394 e. The maximum Gasteiger partial charge on any atom is 0.469 e. The number of likely N-dealkylation sites (tertiary alicyclic amines) is 1. The zero-order valence-electron chi connectivity index (χ0n) is 31.3. The maximum atomic E-state index is 13.9. The van der Waals surface area contributed by atoms with Crippen molar-refractivity contribution in [1.82, 2.24) is 40.7 Å². The van der Waals surface area contributed by atoms with Crippen molar-refractivity contribution in [2.24, 2.45) is 11.7 Å². The van der Waals surface area contributed by atoms with E-state index in [1.807, 2.05) is 32.0 Å². The Morgan fingerprint density at radius 3 is 2.27 bits per heavy atom. The molecule has 2 aromatic heterocycles. The number of carbonyl (C=O) groups is 6. The van der Waals surface area contributed by atoms with Crippen LogP contribution < -0.4 is 27.0 Å². The number of hydrogen-bond donors (Lipinski definition) is 8. The van der Waals surface area contributed by atoms with Crippen LogP contribution in [-0.2, 0) is 57.2 Å². The summed E-state index contributed by atoms with van der Waals surface area (Å²) in [6.07, 6.45) is 5.51. The summed E-state index contributed by atoms with van der Waals surface area (Å²) in [6.45, 7) is 5.99. The molecule has 0 aromatic carbocycles. The van der Waals surface area contributed by atoms with Crippen LogP contribution in [-0.4, -0.2) is 119 Å². The first kappa shape index (κ1) is 44.6. The highest BCUT2D eigenvalue weighted by Gasteiger charge is 2.37. The fraction of sp³-hybridized carbons (Fsp3) is 0.588. The molecule has 55 heavy (non-hydrogen) atoms. The number of pyridine rings is 1. The molecule has 9 N–H and O–H groups in total. The van der Waals surface area contributed by atoms with Gasteiger partial charge in [-0.3, -0.25) is 38.3 Å². The van der Waals surface area contributed by atoms with Crippen molar-refractivity contribution in [3.63, 3.8) is 0 Å². The number of rotatable bonds is 21. The number of aromatic nitrogens is 3. The Balaban J connectivity index is 1.86. The van der Waals surface area contributed by atoms with Crippen molar-refractivity contribution in [3.8, 4) is 0 Å². The minimum Gasteiger partial charge on any atom is -0.394 e. The van der Waals surface area contributed by atoms with E-state index in [4.69, 9.17) is 15.5 Å². The van der Waals surface area contributed by atoms with Gasteiger partial charge in [0.15, 0.2) is 0 Å². The monoisotopic (exact) mass is 793 g/mol. The second kappa shape index (κ2) is 20.8. The van der Waals surface area contributed by atoms with Crippen LogP contribution in [0.25, 0.3) is 0 Å². The molecule has 0 aliphatic carbocycles. The lowest BCUT2D eigenvalue weighted by Crippen LogP contribution is -2.61. The number of aliphatic hydroxyl groups is 1. The molecule has 0 saturated carbocycles. The van der Waals surface area contributed by atoms with E-state index in [-0.39, 0.29) is 24.7 Å². The minimum atomic E-state index is -5.11. The third kappa shape index (κ3) is 14.1. The van der Waals surface area contributed by atoms with Crippen LogP contribution in [0.3, 0.4) is 0 Å². The summed E-state index contributed by atoms with van der Waals surface area (Å²) in [4.78, 5) is 107. The molecule has 3 rings (SSSR count). The van der Waals surface area contributed by atoms with Gasteiger partial charge in [0.25, 0.3) is 0 Å². The van der Waals surface area contributed by atoms with Crippen LogP contribution in [0.5, 0.6) is 0 Å². The normalized spacial score (nSPS) is 17.1. The molecule has 0 radical (unpaired) electrons. The van der Waals surface area contributed by atoms with Crippen LogP contribution in [0.1, 0.15) is 64.8 Å². The predicted octanol–water partition coefficient (Wildman–Crippen LogP) is -1.57. The highest BCUT2D eigenvalue weighted by molar-refractivity contribution is 7.46. The number of nitrogens with one attached hydrogen (secondary N) is 4. The Labute approximate surface area is 318 Å². The van der Waals surface area contributed by atoms with E-state index in [1.165, 1.54) is 18.0 Å². The first-order valence-corrected chi connectivity index (χ1v) is 19.4. The number of nitrogens with zero attached hydrogens (tertiary/aromatic N) is 4. The number of hydrogen-bond acceptors (Lipinski definition) is 11. The number of nitrogens with two attached hydrogens (primary N) is 1. The number of aryl methyl sites for hydroxylation is 2. The molecule has 0 spiro atoms. The fourth-order valence-electron chi connectivity index (χ4n) is 6.19. The molecule has 1 saturated heterocycles. The number of phosphoric ester groups is 1. The van der Waals surface area contributed by atoms with Gasteiger partial charge in [0.05, 0.1) is 19.0 Å². The third-order valence-electron chi connectivity index (χ3n) is 8.90. The Hall–Kier alpha value is -4.75. The summed E-state index contributed by atoms with van der Waals surface area (Å²) in [5.74, 6) is -4.91. The van der Waals surface area contributed by atoms with E-state index in [9.17, 15) is 38.4 Å². The van der Waals surface area contributed by atoms with Crippen LogP contribution in [0.4, 0.5) is 0 Å². The molecule has 0 bridgehead atoms.